The van der Waals surface area contributed by atoms with Crippen molar-refractivity contribution in [3.05, 3.63) is 48.5 Å². The Morgan fingerprint density at radius 2 is 2.06 bits per heavy atom. The maximum Gasteiger partial charge on any atom is 0.309 e. The van der Waals surface area contributed by atoms with Crippen LogP contribution in [0.15, 0.2) is 42.9 Å². The van der Waals surface area contributed by atoms with E-state index < -0.39 is 5.97 Å². The number of carboxylic acids is 1. The minimum atomic E-state index is -0.885. The first-order valence-electron chi connectivity index (χ1n) is 4.83. The van der Waals surface area contributed by atoms with Crippen LogP contribution in [0.5, 0.6) is 0 Å². The molecule has 0 aliphatic carbocycles. The van der Waals surface area contributed by atoms with Crippen molar-refractivity contribution >= 4 is 5.97 Å². The van der Waals surface area contributed by atoms with Gasteiger partial charge < -0.3 is 5.11 Å². The molecule has 1 N–H and O–H groups in total. The fourth-order valence-corrected chi connectivity index (χ4v) is 1.51. The van der Waals surface area contributed by atoms with Gasteiger partial charge in [0.2, 0.25) is 0 Å². The molecule has 16 heavy (non-hydrogen) atoms. The molecule has 2 rings (SSSR count). The number of hydrogen-bond acceptors (Lipinski definition) is 3. The summed E-state index contributed by atoms with van der Waals surface area (Å²) >= 11 is 0. The summed E-state index contributed by atoms with van der Waals surface area (Å²) in [7, 11) is 0. The predicted molar refractivity (Wildman–Crippen MR) is 58.8 cm³/mol. The van der Waals surface area contributed by atoms with E-state index in [-0.39, 0.29) is 6.42 Å². The molecule has 0 spiro atoms. The van der Waals surface area contributed by atoms with Gasteiger partial charge in [-0.3, -0.25) is 14.8 Å². The van der Waals surface area contributed by atoms with Crippen LogP contribution in [0.2, 0.25) is 0 Å². The molecule has 0 bridgehead atoms. The van der Waals surface area contributed by atoms with Crippen LogP contribution in [0.1, 0.15) is 5.69 Å². The summed E-state index contributed by atoms with van der Waals surface area (Å²) in [6, 6.07) is 7.33. The van der Waals surface area contributed by atoms with Crippen molar-refractivity contribution in [2.45, 2.75) is 6.42 Å². The Hall–Kier alpha value is -2.23. The zero-order chi connectivity index (χ0) is 11.4. The normalized spacial score (nSPS) is 10.0. The van der Waals surface area contributed by atoms with Gasteiger partial charge in [-0.2, -0.15) is 0 Å². The SMILES string of the molecule is O=C(O)Cc1ncccc1-c1cccnc1. The molecule has 0 atom stereocenters. The molecular formula is C12H10N2O2. The van der Waals surface area contributed by atoms with Gasteiger partial charge in [0.15, 0.2) is 0 Å². The van der Waals surface area contributed by atoms with Crippen LogP contribution in [0.4, 0.5) is 0 Å². The Morgan fingerprint density at radius 1 is 1.25 bits per heavy atom. The summed E-state index contributed by atoms with van der Waals surface area (Å²) in [6.45, 7) is 0. The molecule has 0 radical (unpaired) electrons. The zero-order valence-electron chi connectivity index (χ0n) is 8.50. The minimum absolute atomic E-state index is 0.0783. The molecule has 2 aromatic rings. The van der Waals surface area contributed by atoms with Crippen molar-refractivity contribution in [2.24, 2.45) is 0 Å². The number of pyridine rings is 2. The van der Waals surface area contributed by atoms with Crippen LogP contribution in [-0.4, -0.2) is 21.0 Å². The summed E-state index contributed by atoms with van der Waals surface area (Å²) in [4.78, 5) is 18.8. The highest BCUT2D eigenvalue weighted by molar-refractivity contribution is 5.74. The molecule has 0 amide bonds. The smallest absolute Gasteiger partial charge is 0.309 e. The number of carbonyl (C=O) groups is 1. The lowest BCUT2D eigenvalue weighted by Crippen LogP contribution is -2.04. The molecule has 0 unspecified atom stereocenters. The van der Waals surface area contributed by atoms with E-state index in [1.54, 1.807) is 24.7 Å². The van der Waals surface area contributed by atoms with E-state index in [1.807, 2.05) is 18.2 Å². The van der Waals surface area contributed by atoms with Gasteiger partial charge in [0.1, 0.15) is 0 Å². The maximum atomic E-state index is 10.7. The molecule has 4 heteroatoms. The topological polar surface area (TPSA) is 63.1 Å². The Labute approximate surface area is 92.6 Å². The number of aliphatic carboxylic acids is 1. The van der Waals surface area contributed by atoms with Crippen molar-refractivity contribution in [3.8, 4) is 11.1 Å². The summed E-state index contributed by atoms with van der Waals surface area (Å²) in [5, 5.41) is 8.78. The molecule has 0 saturated carbocycles. The average molecular weight is 214 g/mol. The lowest BCUT2D eigenvalue weighted by atomic mass is 10.0. The summed E-state index contributed by atoms with van der Waals surface area (Å²) in [6.07, 6.45) is 4.89. The first kappa shape index (κ1) is 10.3. The van der Waals surface area contributed by atoms with Crippen molar-refractivity contribution in [1.29, 1.82) is 0 Å². The van der Waals surface area contributed by atoms with Gasteiger partial charge in [-0.25, -0.2) is 0 Å². The molecule has 80 valence electrons. The fraction of sp³-hybridized carbons (Fsp3) is 0.0833. The summed E-state index contributed by atoms with van der Waals surface area (Å²) in [5.41, 5.74) is 2.26. The number of aromatic nitrogens is 2. The van der Waals surface area contributed by atoms with Crippen LogP contribution >= 0.6 is 0 Å². The first-order chi connectivity index (χ1) is 7.77. The third-order valence-corrected chi connectivity index (χ3v) is 2.18. The Kier molecular flexibility index (Phi) is 2.91. The highest BCUT2D eigenvalue weighted by atomic mass is 16.4. The molecule has 4 nitrogen and oxygen atoms in total. The van der Waals surface area contributed by atoms with Gasteiger partial charge >= 0.3 is 5.97 Å². The van der Waals surface area contributed by atoms with E-state index in [0.717, 1.165) is 11.1 Å². The molecule has 0 aromatic carbocycles. The molecular weight excluding hydrogens is 204 g/mol. The van der Waals surface area contributed by atoms with Crippen LogP contribution in [0, 0.1) is 0 Å². The van der Waals surface area contributed by atoms with Crippen LogP contribution in [0.25, 0.3) is 11.1 Å². The van der Waals surface area contributed by atoms with Crippen LogP contribution in [0.3, 0.4) is 0 Å². The third-order valence-electron chi connectivity index (χ3n) is 2.18. The molecule has 0 aliphatic heterocycles. The number of rotatable bonds is 3. The molecule has 0 saturated heterocycles. The molecule has 0 aliphatic rings. The van der Waals surface area contributed by atoms with Crippen LogP contribution < -0.4 is 0 Å². The monoisotopic (exact) mass is 214 g/mol. The third kappa shape index (κ3) is 2.23. The lowest BCUT2D eigenvalue weighted by Gasteiger charge is -2.05. The Balaban J connectivity index is 2.44. The van der Waals surface area contributed by atoms with Crippen molar-refractivity contribution < 1.29 is 9.90 Å². The number of hydrogen-bond donors (Lipinski definition) is 1. The van der Waals surface area contributed by atoms with Gasteiger partial charge in [-0.05, 0) is 12.1 Å². The highest BCUT2D eigenvalue weighted by Gasteiger charge is 2.09. The van der Waals surface area contributed by atoms with E-state index in [1.165, 1.54) is 0 Å². The lowest BCUT2D eigenvalue weighted by molar-refractivity contribution is -0.136. The van der Waals surface area contributed by atoms with Crippen molar-refractivity contribution in [3.63, 3.8) is 0 Å². The van der Waals surface area contributed by atoms with E-state index in [0.29, 0.717) is 5.69 Å². The largest absolute Gasteiger partial charge is 0.481 e. The van der Waals surface area contributed by atoms with Gasteiger partial charge in [-0.1, -0.05) is 12.1 Å². The number of nitrogens with zero attached hydrogens (tertiary/aromatic N) is 2. The quantitative estimate of drug-likeness (QED) is 0.845. The maximum absolute atomic E-state index is 10.7. The second kappa shape index (κ2) is 4.53. The molecule has 0 fully saturated rings. The highest BCUT2D eigenvalue weighted by Crippen LogP contribution is 2.21. The van der Waals surface area contributed by atoms with E-state index >= 15 is 0 Å². The van der Waals surface area contributed by atoms with Gasteiger partial charge in [-0.15, -0.1) is 0 Å². The Bertz CT molecular complexity index is 497. The molecule has 2 heterocycles. The molecule has 2 aromatic heterocycles. The Morgan fingerprint density at radius 3 is 2.75 bits per heavy atom. The second-order valence-electron chi connectivity index (χ2n) is 3.31. The summed E-state index contributed by atoms with van der Waals surface area (Å²) in [5.74, 6) is -0.885. The average Bonchev–Trinajstić information content (AvgIpc) is 2.30. The van der Waals surface area contributed by atoms with Crippen molar-refractivity contribution in [2.75, 3.05) is 0 Å². The summed E-state index contributed by atoms with van der Waals surface area (Å²) < 4.78 is 0. The fourth-order valence-electron chi connectivity index (χ4n) is 1.51. The van der Waals surface area contributed by atoms with Crippen molar-refractivity contribution in [1.82, 2.24) is 9.97 Å². The standard InChI is InChI=1S/C12H10N2O2/c15-12(16)7-11-10(4-2-6-14-11)9-3-1-5-13-8-9/h1-6,8H,7H2,(H,15,16). The van der Waals surface area contributed by atoms with Gasteiger partial charge in [0.25, 0.3) is 0 Å². The predicted octanol–water partition coefficient (Wildman–Crippen LogP) is 1.77. The van der Waals surface area contributed by atoms with E-state index in [9.17, 15) is 4.79 Å². The van der Waals surface area contributed by atoms with E-state index in [4.69, 9.17) is 5.11 Å². The van der Waals surface area contributed by atoms with Gasteiger partial charge in [0, 0.05) is 29.7 Å². The van der Waals surface area contributed by atoms with Crippen LogP contribution in [-0.2, 0) is 11.2 Å². The first-order valence-corrected chi connectivity index (χ1v) is 4.83. The minimum Gasteiger partial charge on any atom is -0.481 e. The number of carboxylic acid groups (broad SMARTS) is 1. The zero-order valence-corrected chi connectivity index (χ0v) is 8.50. The second-order valence-corrected chi connectivity index (χ2v) is 3.31. The van der Waals surface area contributed by atoms with Gasteiger partial charge in [0.05, 0.1) is 12.1 Å². The van der Waals surface area contributed by atoms with E-state index in [2.05, 4.69) is 9.97 Å².